The number of aromatic nitrogens is 1. The van der Waals surface area contributed by atoms with Gasteiger partial charge in [0.05, 0.1) is 6.04 Å². The van der Waals surface area contributed by atoms with E-state index < -0.39 is 22.9 Å². The molecule has 1 aromatic heterocycles. The van der Waals surface area contributed by atoms with Gasteiger partial charge < -0.3 is 19.7 Å². The van der Waals surface area contributed by atoms with Gasteiger partial charge in [-0.15, -0.1) is 0 Å². The van der Waals surface area contributed by atoms with Crippen molar-refractivity contribution in [2.24, 2.45) is 0 Å². The third-order valence-corrected chi connectivity index (χ3v) is 6.34. The lowest BCUT2D eigenvalue weighted by atomic mass is 9.84. The Hall–Kier alpha value is -4.65. The van der Waals surface area contributed by atoms with Gasteiger partial charge in [-0.3, -0.25) is 9.59 Å². The minimum atomic E-state index is -1.37. The molecule has 180 valence electrons. The SMILES string of the molecule is O=C(O)c1cn2c(c(OCc3ccccc3)c1=O)C(=O)N[C@H](C(c1ccccc1)c1ccccc1)C2. The highest BCUT2D eigenvalue weighted by atomic mass is 16.5. The molecule has 3 aromatic carbocycles. The molecule has 0 saturated carbocycles. The second-order valence-corrected chi connectivity index (χ2v) is 8.66. The molecule has 5 rings (SSSR count). The largest absolute Gasteiger partial charge is 0.483 e. The lowest BCUT2D eigenvalue weighted by Gasteiger charge is -2.34. The second-order valence-electron chi connectivity index (χ2n) is 8.66. The van der Waals surface area contributed by atoms with E-state index in [9.17, 15) is 19.5 Å². The van der Waals surface area contributed by atoms with Crippen molar-refractivity contribution in [1.82, 2.24) is 9.88 Å². The van der Waals surface area contributed by atoms with E-state index in [4.69, 9.17) is 4.74 Å². The number of nitrogens with zero attached hydrogens (tertiary/aromatic N) is 1. The Kier molecular flexibility index (Phi) is 6.36. The number of rotatable bonds is 7. The molecule has 1 atom stereocenters. The van der Waals surface area contributed by atoms with Crippen LogP contribution in [-0.2, 0) is 13.2 Å². The quantitative estimate of drug-likeness (QED) is 0.416. The molecular formula is C29H24N2O5. The number of pyridine rings is 1. The topological polar surface area (TPSA) is 97.6 Å². The van der Waals surface area contributed by atoms with Crippen molar-refractivity contribution in [3.63, 3.8) is 0 Å². The zero-order valence-electron chi connectivity index (χ0n) is 19.3. The Balaban J connectivity index is 1.57. The first-order valence-corrected chi connectivity index (χ1v) is 11.6. The van der Waals surface area contributed by atoms with Crippen LogP contribution in [0.5, 0.6) is 5.75 Å². The molecule has 2 heterocycles. The Bertz CT molecular complexity index is 1410. The fourth-order valence-electron chi connectivity index (χ4n) is 4.69. The highest BCUT2D eigenvalue weighted by Gasteiger charge is 2.35. The van der Waals surface area contributed by atoms with Gasteiger partial charge in [-0.2, -0.15) is 0 Å². The number of carboxylic acids is 1. The normalized spacial score (nSPS) is 14.7. The molecule has 36 heavy (non-hydrogen) atoms. The maximum absolute atomic E-state index is 13.4. The number of hydrogen-bond donors (Lipinski definition) is 2. The number of ether oxygens (including phenoxy) is 1. The molecule has 1 aliphatic heterocycles. The van der Waals surface area contributed by atoms with Gasteiger partial charge in [0, 0.05) is 18.7 Å². The summed E-state index contributed by atoms with van der Waals surface area (Å²) >= 11 is 0. The van der Waals surface area contributed by atoms with Crippen LogP contribution in [0.3, 0.4) is 0 Å². The van der Waals surface area contributed by atoms with Gasteiger partial charge in [0.1, 0.15) is 12.2 Å². The number of carbonyl (C=O) groups excluding carboxylic acids is 1. The average molecular weight is 481 g/mol. The fourth-order valence-corrected chi connectivity index (χ4v) is 4.69. The first-order valence-electron chi connectivity index (χ1n) is 11.6. The number of carbonyl (C=O) groups is 2. The smallest absolute Gasteiger partial charge is 0.341 e. The predicted molar refractivity (Wildman–Crippen MR) is 134 cm³/mol. The van der Waals surface area contributed by atoms with Crippen LogP contribution >= 0.6 is 0 Å². The maximum atomic E-state index is 13.4. The predicted octanol–water partition coefficient (Wildman–Crippen LogP) is 4.07. The standard InChI is InChI=1S/C29H24N2O5/c32-26-22(29(34)35)16-31-17-23(24(20-12-6-2-7-13-20)21-14-8-3-9-15-21)30-28(33)25(31)27(26)36-18-19-10-4-1-5-11-19/h1-16,23-24H,17-18H2,(H,30,33)(H,34,35)/t23-/m0/s1. The molecule has 0 spiro atoms. The summed E-state index contributed by atoms with van der Waals surface area (Å²) in [6, 6.07) is 28.4. The van der Waals surface area contributed by atoms with Crippen LogP contribution in [0, 0.1) is 0 Å². The maximum Gasteiger partial charge on any atom is 0.341 e. The van der Waals surface area contributed by atoms with Crippen molar-refractivity contribution in [2.45, 2.75) is 25.1 Å². The molecule has 0 bridgehead atoms. The highest BCUT2D eigenvalue weighted by molar-refractivity contribution is 5.98. The summed E-state index contributed by atoms with van der Waals surface area (Å²) in [6.07, 6.45) is 1.24. The zero-order valence-corrected chi connectivity index (χ0v) is 19.3. The van der Waals surface area contributed by atoms with E-state index in [1.807, 2.05) is 91.0 Å². The van der Waals surface area contributed by atoms with Crippen LogP contribution in [0.4, 0.5) is 0 Å². The van der Waals surface area contributed by atoms with E-state index in [1.54, 1.807) is 0 Å². The lowest BCUT2D eigenvalue weighted by molar-refractivity contribution is 0.0690. The molecule has 4 aromatic rings. The minimum Gasteiger partial charge on any atom is -0.483 e. The molecule has 0 fully saturated rings. The molecule has 2 N–H and O–H groups in total. The molecule has 1 amide bonds. The number of amides is 1. The number of aromatic carboxylic acids is 1. The second kappa shape index (κ2) is 9.92. The van der Waals surface area contributed by atoms with Crippen molar-refractivity contribution >= 4 is 11.9 Å². The third kappa shape index (κ3) is 4.51. The Morgan fingerprint density at radius 2 is 1.47 bits per heavy atom. The first-order chi connectivity index (χ1) is 17.5. The van der Waals surface area contributed by atoms with Gasteiger partial charge in [-0.1, -0.05) is 91.0 Å². The monoisotopic (exact) mass is 480 g/mol. The summed E-state index contributed by atoms with van der Waals surface area (Å²) in [7, 11) is 0. The van der Waals surface area contributed by atoms with Crippen LogP contribution in [0.1, 0.15) is 43.5 Å². The van der Waals surface area contributed by atoms with Gasteiger partial charge in [0.15, 0.2) is 11.4 Å². The summed E-state index contributed by atoms with van der Waals surface area (Å²) < 4.78 is 7.33. The van der Waals surface area contributed by atoms with Crippen LogP contribution in [0.25, 0.3) is 0 Å². The Morgan fingerprint density at radius 1 is 0.917 bits per heavy atom. The van der Waals surface area contributed by atoms with Gasteiger partial charge in [0.25, 0.3) is 5.91 Å². The van der Waals surface area contributed by atoms with Gasteiger partial charge in [0.2, 0.25) is 5.43 Å². The van der Waals surface area contributed by atoms with Crippen molar-refractivity contribution in [3.05, 3.63) is 135 Å². The third-order valence-electron chi connectivity index (χ3n) is 6.34. The van der Waals surface area contributed by atoms with E-state index in [0.717, 1.165) is 16.7 Å². The average Bonchev–Trinajstić information content (AvgIpc) is 2.90. The van der Waals surface area contributed by atoms with Crippen LogP contribution < -0.4 is 15.5 Å². The zero-order chi connectivity index (χ0) is 25.1. The number of carboxylic acid groups (broad SMARTS) is 1. The molecule has 7 heteroatoms. The minimum absolute atomic E-state index is 0.0251. The Morgan fingerprint density at radius 3 is 2.03 bits per heavy atom. The molecule has 1 aliphatic rings. The summed E-state index contributed by atoms with van der Waals surface area (Å²) in [5.74, 6) is -2.30. The summed E-state index contributed by atoms with van der Waals surface area (Å²) in [5.41, 5.74) is 1.58. The highest BCUT2D eigenvalue weighted by Crippen LogP contribution is 2.32. The summed E-state index contributed by atoms with van der Waals surface area (Å²) in [6.45, 7) is 0.289. The Labute approximate surface area is 207 Å². The van der Waals surface area contributed by atoms with E-state index >= 15 is 0 Å². The molecule has 0 unspecified atom stereocenters. The van der Waals surface area contributed by atoms with Crippen LogP contribution in [0.2, 0.25) is 0 Å². The van der Waals surface area contributed by atoms with E-state index in [1.165, 1.54) is 10.8 Å². The van der Waals surface area contributed by atoms with E-state index in [0.29, 0.717) is 0 Å². The van der Waals surface area contributed by atoms with Crippen LogP contribution in [0.15, 0.2) is 102 Å². The fraction of sp³-hybridized carbons (Fsp3) is 0.138. The van der Waals surface area contributed by atoms with Gasteiger partial charge >= 0.3 is 5.97 Å². The molecule has 0 saturated heterocycles. The van der Waals surface area contributed by atoms with Gasteiger partial charge in [-0.25, -0.2) is 4.79 Å². The molecule has 0 radical (unpaired) electrons. The number of benzene rings is 3. The number of nitrogens with one attached hydrogen (secondary N) is 1. The van der Waals surface area contributed by atoms with Crippen molar-refractivity contribution < 1.29 is 19.4 Å². The molecule has 0 aliphatic carbocycles. The number of hydrogen-bond acceptors (Lipinski definition) is 4. The van der Waals surface area contributed by atoms with Crippen molar-refractivity contribution in [1.29, 1.82) is 0 Å². The molecular weight excluding hydrogens is 456 g/mol. The van der Waals surface area contributed by atoms with Crippen LogP contribution in [-0.4, -0.2) is 27.6 Å². The lowest BCUT2D eigenvalue weighted by Crippen LogP contribution is -2.49. The van der Waals surface area contributed by atoms with E-state index in [2.05, 4.69) is 5.32 Å². The summed E-state index contributed by atoms with van der Waals surface area (Å²) in [5, 5.41) is 12.8. The summed E-state index contributed by atoms with van der Waals surface area (Å²) in [4.78, 5) is 38.3. The van der Waals surface area contributed by atoms with Gasteiger partial charge in [-0.05, 0) is 16.7 Å². The van der Waals surface area contributed by atoms with Crippen molar-refractivity contribution in [2.75, 3.05) is 0 Å². The molecule has 7 nitrogen and oxygen atoms in total. The number of fused-ring (bicyclic) bond motifs is 1. The first kappa shape index (κ1) is 23.1. The van der Waals surface area contributed by atoms with Crippen molar-refractivity contribution in [3.8, 4) is 5.75 Å². The van der Waals surface area contributed by atoms with E-state index in [-0.39, 0.29) is 36.6 Å².